The normalized spacial score (nSPS) is 26.2. The maximum atomic E-state index is 6.97. The first kappa shape index (κ1) is 41.0. The topological polar surface area (TPSA) is 136 Å². The minimum atomic E-state index is -0.364. The lowest BCUT2D eigenvalue weighted by Crippen LogP contribution is -2.52. The average molecular weight is 846 g/mol. The number of aryl methyl sites for hydroxylation is 3. The van der Waals surface area contributed by atoms with E-state index in [1.54, 1.807) is 4.68 Å². The number of likely N-dealkylation sites (tertiary alicyclic amines) is 2. The molecule has 0 aliphatic carbocycles. The van der Waals surface area contributed by atoms with Crippen molar-refractivity contribution in [3.63, 3.8) is 0 Å². The highest BCUT2D eigenvalue weighted by Crippen LogP contribution is 2.49. The molecule has 4 aliphatic rings. The number of nitrogens with zero attached hydrogens (tertiary/aromatic N) is 11. The van der Waals surface area contributed by atoms with Gasteiger partial charge in [0.15, 0.2) is 6.29 Å². The van der Waals surface area contributed by atoms with Crippen LogP contribution >= 0.6 is 22.7 Å². The first-order chi connectivity index (χ1) is 28.7. The molecule has 0 saturated carbocycles. The van der Waals surface area contributed by atoms with E-state index in [4.69, 9.17) is 18.9 Å². The summed E-state index contributed by atoms with van der Waals surface area (Å²) in [5.41, 5.74) is 5.14. The molecule has 0 N–H and O–H groups in total. The molecule has 0 amide bonds. The van der Waals surface area contributed by atoms with Crippen LogP contribution < -0.4 is 0 Å². The van der Waals surface area contributed by atoms with Gasteiger partial charge < -0.3 is 18.9 Å². The summed E-state index contributed by atoms with van der Waals surface area (Å²) < 4.78 is 31.4. The van der Waals surface area contributed by atoms with Crippen molar-refractivity contribution >= 4 is 22.7 Å². The molecule has 15 nitrogen and oxygen atoms in total. The van der Waals surface area contributed by atoms with E-state index in [0.29, 0.717) is 45.0 Å². The molecule has 5 aromatic rings. The zero-order chi connectivity index (χ0) is 40.6. The van der Waals surface area contributed by atoms with Crippen molar-refractivity contribution in [3.05, 3.63) is 78.4 Å². The Balaban J connectivity index is 0.725. The van der Waals surface area contributed by atoms with Crippen LogP contribution in [0.1, 0.15) is 101 Å². The lowest BCUT2D eigenvalue weighted by atomic mass is 9.79. The summed E-state index contributed by atoms with van der Waals surface area (Å²) in [6.07, 6.45) is 13.4. The molecule has 9 heterocycles. The molecule has 318 valence electrons. The van der Waals surface area contributed by atoms with E-state index in [1.165, 1.54) is 30.6 Å². The predicted octanol–water partition coefficient (Wildman–Crippen LogP) is 5.26. The highest BCUT2D eigenvalue weighted by atomic mass is 32.1. The van der Waals surface area contributed by atoms with Gasteiger partial charge in [-0.3, -0.25) is 14.5 Å². The molecule has 9 rings (SSSR count). The third-order valence-electron chi connectivity index (χ3n) is 12.8. The van der Waals surface area contributed by atoms with E-state index < -0.39 is 0 Å². The number of aromatic nitrogens is 9. The van der Waals surface area contributed by atoms with Crippen molar-refractivity contribution in [1.29, 1.82) is 0 Å². The average Bonchev–Trinajstić information content (AvgIpc) is 4.08. The van der Waals surface area contributed by atoms with Crippen LogP contribution in [0, 0.1) is 0 Å². The molecule has 59 heavy (non-hydrogen) atoms. The van der Waals surface area contributed by atoms with Crippen molar-refractivity contribution in [2.75, 3.05) is 39.5 Å². The lowest BCUT2D eigenvalue weighted by Gasteiger charge is -2.48. The second-order valence-electron chi connectivity index (χ2n) is 16.9. The van der Waals surface area contributed by atoms with Crippen LogP contribution in [-0.2, 0) is 89.1 Å². The fourth-order valence-corrected chi connectivity index (χ4v) is 12.1. The Labute approximate surface area is 354 Å². The van der Waals surface area contributed by atoms with Crippen LogP contribution in [0.2, 0.25) is 0 Å². The number of thiophene rings is 2. The first-order valence-corrected chi connectivity index (χ1v) is 23.2. The molecule has 0 bridgehead atoms. The Morgan fingerprint density at radius 3 is 2.07 bits per heavy atom. The third-order valence-corrected chi connectivity index (χ3v) is 15.4. The number of ether oxygens (including phenoxy) is 4. The van der Waals surface area contributed by atoms with E-state index >= 15 is 0 Å². The van der Waals surface area contributed by atoms with Gasteiger partial charge in [0.2, 0.25) is 0 Å². The minimum absolute atomic E-state index is 0.135. The van der Waals surface area contributed by atoms with E-state index in [9.17, 15) is 0 Å². The Bertz CT molecular complexity index is 2180. The number of fused-ring (bicyclic) bond motifs is 4. The van der Waals surface area contributed by atoms with Gasteiger partial charge in [-0.1, -0.05) is 29.5 Å². The SMILES string of the molecule is CCc1cc2c(s1)CCO[C@@]21CCN(Cc2cn(CCOCCOC3Cc4sc(CC)cc4[C@]4(CCN(Cc5cn(Cc6cn(C)nn6)nn5)[C@@H](C)C4)O3)nn2)[C@@H](C)C1. The minimum Gasteiger partial charge on any atom is -0.377 e. The van der Waals surface area contributed by atoms with Crippen molar-refractivity contribution in [2.45, 2.75) is 135 Å². The van der Waals surface area contributed by atoms with Crippen LogP contribution in [-0.4, -0.2) is 113 Å². The standard InChI is InChI=1S/C42H59N11O4S2/c1-6-34-18-36-38(58-34)8-14-56-41(36)9-11-50(29(3)21-41)24-32-26-52(47-44-32)13-15-54-16-17-55-40-20-39-37(19-35(7-2)59-39)42(57-40)10-12-51(30(4)22-42)25-33-28-53(48-45-33)27-31-23-49(5)46-43-31/h18-19,23,26,28-30,40H,6-17,20-22,24-25,27H2,1-5H3/t29-,30-,40?,41+,42+/m0/s1. The largest absolute Gasteiger partial charge is 0.377 e. The number of hydrogen-bond acceptors (Lipinski definition) is 14. The van der Waals surface area contributed by atoms with Gasteiger partial charge in [-0.15, -0.1) is 38.0 Å². The van der Waals surface area contributed by atoms with E-state index in [0.717, 1.165) is 101 Å². The predicted molar refractivity (Wildman–Crippen MR) is 224 cm³/mol. The smallest absolute Gasteiger partial charge is 0.163 e. The molecule has 5 aromatic heterocycles. The van der Waals surface area contributed by atoms with Crippen LogP contribution in [0.3, 0.4) is 0 Å². The van der Waals surface area contributed by atoms with E-state index in [2.05, 4.69) is 86.8 Å². The highest BCUT2D eigenvalue weighted by molar-refractivity contribution is 7.12. The molecule has 5 atom stereocenters. The van der Waals surface area contributed by atoms with Crippen LogP contribution in [0.25, 0.3) is 0 Å². The Morgan fingerprint density at radius 2 is 1.37 bits per heavy atom. The lowest BCUT2D eigenvalue weighted by molar-refractivity contribution is -0.243. The van der Waals surface area contributed by atoms with Gasteiger partial charge in [-0.05, 0) is 75.6 Å². The summed E-state index contributed by atoms with van der Waals surface area (Å²) in [4.78, 5) is 10.8. The summed E-state index contributed by atoms with van der Waals surface area (Å²) in [5, 5.41) is 26.0. The molecule has 17 heteroatoms. The summed E-state index contributed by atoms with van der Waals surface area (Å²) >= 11 is 3.90. The van der Waals surface area contributed by atoms with Crippen LogP contribution in [0.5, 0.6) is 0 Å². The summed E-state index contributed by atoms with van der Waals surface area (Å²) in [7, 11) is 1.87. The van der Waals surface area contributed by atoms with Gasteiger partial charge in [0, 0.05) is 90.1 Å². The van der Waals surface area contributed by atoms with Crippen molar-refractivity contribution in [1.82, 2.24) is 54.8 Å². The zero-order valence-electron chi connectivity index (χ0n) is 35.2. The highest BCUT2D eigenvalue weighted by Gasteiger charge is 2.48. The summed E-state index contributed by atoms with van der Waals surface area (Å²) in [5.74, 6) is 0. The second-order valence-corrected chi connectivity index (χ2v) is 19.4. The van der Waals surface area contributed by atoms with E-state index in [1.807, 2.05) is 51.5 Å². The molecule has 2 fully saturated rings. The Morgan fingerprint density at radius 1 is 0.746 bits per heavy atom. The van der Waals surface area contributed by atoms with Gasteiger partial charge in [0.25, 0.3) is 0 Å². The van der Waals surface area contributed by atoms with Crippen molar-refractivity contribution in [3.8, 4) is 0 Å². The van der Waals surface area contributed by atoms with Crippen molar-refractivity contribution < 1.29 is 18.9 Å². The van der Waals surface area contributed by atoms with Crippen molar-refractivity contribution in [2.24, 2.45) is 7.05 Å². The molecular weight excluding hydrogens is 787 g/mol. The quantitative estimate of drug-likeness (QED) is 0.127. The molecule has 1 unspecified atom stereocenters. The van der Waals surface area contributed by atoms with Gasteiger partial charge in [0.1, 0.15) is 11.3 Å². The fourth-order valence-electron chi connectivity index (χ4n) is 9.70. The molecule has 4 aliphatic heterocycles. The van der Waals surface area contributed by atoms with Crippen LogP contribution in [0.15, 0.2) is 30.7 Å². The summed E-state index contributed by atoms with van der Waals surface area (Å²) in [6, 6.07) is 5.51. The van der Waals surface area contributed by atoms with Gasteiger partial charge in [0.05, 0.1) is 62.7 Å². The number of rotatable bonds is 15. The monoisotopic (exact) mass is 845 g/mol. The number of piperidine rings is 2. The molecule has 2 spiro atoms. The van der Waals surface area contributed by atoms with E-state index in [-0.39, 0.29) is 17.5 Å². The van der Waals surface area contributed by atoms with Gasteiger partial charge >= 0.3 is 0 Å². The summed E-state index contributed by atoms with van der Waals surface area (Å²) in [6.45, 7) is 16.1. The maximum absolute atomic E-state index is 6.97. The molecule has 0 radical (unpaired) electrons. The Hall–Kier alpha value is -3.42. The Kier molecular flexibility index (Phi) is 12.2. The second kappa shape index (κ2) is 17.5. The fraction of sp³-hybridized carbons (Fsp3) is 0.667. The maximum Gasteiger partial charge on any atom is 0.163 e. The van der Waals surface area contributed by atoms with Crippen LogP contribution in [0.4, 0.5) is 0 Å². The molecule has 2 saturated heterocycles. The first-order valence-electron chi connectivity index (χ1n) is 21.6. The third kappa shape index (κ3) is 8.85. The van der Waals surface area contributed by atoms with Gasteiger partial charge in [-0.25, -0.2) is 9.36 Å². The van der Waals surface area contributed by atoms with Gasteiger partial charge in [-0.2, -0.15) is 0 Å². The molecular formula is C42H59N11O4S2. The number of hydrogen-bond donors (Lipinski definition) is 0. The zero-order valence-corrected chi connectivity index (χ0v) is 36.8. The molecule has 0 aromatic carbocycles.